The van der Waals surface area contributed by atoms with Gasteiger partial charge in [-0.3, -0.25) is 9.69 Å². The number of halogens is 1. The van der Waals surface area contributed by atoms with E-state index in [-0.39, 0.29) is 24.5 Å². The molecular weight excluding hydrogens is 456 g/mol. The summed E-state index contributed by atoms with van der Waals surface area (Å²) < 4.78 is 5.39. The summed E-state index contributed by atoms with van der Waals surface area (Å²) in [5, 5.41) is 6.24. The van der Waals surface area contributed by atoms with Gasteiger partial charge in [-0.25, -0.2) is 9.59 Å². The van der Waals surface area contributed by atoms with Crippen LogP contribution in [0.2, 0.25) is 5.02 Å². The highest BCUT2D eigenvalue weighted by atomic mass is 35.5. The second kappa shape index (κ2) is 10.8. The van der Waals surface area contributed by atoms with Gasteiger partial charge in [0.25, 0.3) is 0 Å². The molecular formula is C25H31ClN4O4. The monoisotopic (exact) mass is 486 g/mol. The molecule has 1 heterocycles. The van der Waals surface area contributed by atoms with Gasteiger partial charge in [0.15, 0.2) is 0 Å². The molecule has 0 aromatic heterocycles. The van der Waals surface area contributed by atoms with Crippen LogP contribution < -0.4 is 10.6 Å². The maximum absolute atomic E-state index is 12.7. The van der Waals surface area contributed by atoms with E-state index in [1.807, 2.05) is 31.2 Å². The summed E-state index contributed by atoms with van der Waals surface area (Å²) in [6, 6.07) is 14.1. The molecule has 2 aromatic carbocycles. The molecule has 2 aromatic rings. The van der Waals surface area contributed by atoms with E-state index in [2.05, 4.69) is 10.6 Å². The normalized spacial score (nSPS) is 16.3. The Bertz CT molecular complexity index is 1020. The van der Waals surface area contributed by atoms with Gasteiger partial charge >= 0.3 is 12.1 Å². The molecule has 1 aliphatic rings. The Hall–Kier alpha value is -3.26. The van der Waals surface area contributed by atoms with Gasteiger partial charge in [0.05, 0.1) is 0 Å². The molecule has 0 radical (unpaired) electrons. The highest BCUT2D eigenvalue weighted by molar-refractivity contribution is 6.30. The molecule has 4 amide bonds. The van der Waals surface area contributed by atoms with Gasteiger partial charge in [-0.2, -0.15) is 0 Å². The lowest BCUT2D eigenvalue weighted by Gasteiger charge is -2.39. The molecule has 9 heteroatoms. The maximum atomic E-state index is 12.7. The zero-order chi connectivity index (χ0) is 24.9. The Morgan fingerprint density at radius 3 is 2.26 bits per heavy atom. The average molecular weight is 487 g/mol. The fraction of sp³-hybridized carbons (Fsp3) is 0.400. The van der Waals surface area contributed by atoms with Crippen LogP contribution in [0.1, 0.15) is 38.8 Å². The highest BCUT2D eigenvalue weighted by Gasteiger charge is 2.34. The Kier molecular flexibility index (Phi) is 8.04. The molecule has 1 aliphatic heterocycles. The summed E-state index contributed by atoms with van der Waals surface area (Å²) in [5.41, 5.74) is 1.91. The second-order valence-electron chi connectivity index (χ2n) is 9.36. The first-order valence-electron chi connectivity index (χ1n) is 11.2. The third kappa shape index (κ3) is 7.38. The van der Waals surface area contributed by atoms with Gasteiger partial charge < -0.3 is 20.3 Å². The van der Waals surface area contributed by atoms with Crippen molar-refractivity contribution in [3.63, 3.8) is 0 Å². The number of ether oxygens (including phenoxy) is 1. The molecule has 1 fully saturated rings. The van der Waals surface area contributed by atoms with Crippen LogP contribution in [0.5, 0.6) is 0 Å². The fourth-order valence-corrected chi connectivity index (χ4v) is 3.67. The molecule has 8 nitrogen and oxygen atoms in total. The van der Waals surface area contributed by atoms with Crippen LogP contribution in [0, 0.1) is 0 Å². The number of nitrogens with one attached hydrogen (secondary N) is 2. The van der Waals surface area contributed by atoms with Gasteiger partial charge in [0.1, 0.15) is 12.1 Å². The van der Waals surface area contributed by atoms with Gasteiger partial charge in [-0.05, 0) is 63.1 Å². The van der Waals surface area contributed by atoms with Gasteiger partial charge in [0.2, 0.25) is 5.91 Å². The van der Waals surface area contributed by atoms with Crippen LogP contribution in [0.4, 0.5) is 15.3 Å². The third-order valence-electron chi connectivity index (χ3n) is 5.25. The summed E-state index contributed by atoms with van der Waals surface area (Å²) in [6.07, 6.45) is -0.475. The van der Waals surface area contributed by atoms with E-state index in [4.69, 9.17) is 16.3 Å². The van der Waals surface area contributed by atoms with Crippen molar-refractivity contribution in [3.05, 3.63) is 64.7 Å². The Labute approximate surface area is 205 Å². The van der Waals surface area contributed by atoms with Gasteiger partial charge in [-0.1, -0.05) is 35.9 Å². The number of carbonyl (C=O) groups is 3. The number of amides is 4. The Morgan fingerprint density at radius 1 is 1.06 bits per heavy atom. The van der Waals surface area contributed by atoms with Crippen LogP contribution in [-0.4, -0.2) is 52.6 Å². The highest BCUT2D eigenvalue weighted by Crippen LogP contribution is 2.19. The van der Waals surface area contributed by atoms with Crippen LogP contribution >= 0.6 is 11.6 Å². The first-order valence-corrected chi connectivity index (χ1v) is 11.5. The standard InChI is InChI=1S/C25H31ClN4O4/c1-17-14-29(24(33)34-25(2,3)4)16-22(31)30(17)15-19-7-11-21(12-8-19)28-23(32)27-13-18-5-9-20(26)10-6-18/h5-12,17H,13-16H2,1-4H3,(H2,27,28,32). The zero-order valence-corrected chi connectivity index (χ0v) is 20.7. The number of nitrogens with zero attached hydrogens (tertiary/aromatic N) is 2. The van der Waals surface area contributed by atoms with Crippen LogP contribution in [-0.2, 0) is 22.6 Å². The molecule has 0 aliphatic carbocycles. The van der Waals surface area contributed by atoms with E-state index in [1.165, 1.54) is 4.90 Å². The van der Waals surface area contributed by atoms with Crippen molar-refractivity contribution < 1.29 is 19.1 Å². The number of hydrogen-bond acceptors (Lipinski definition) is 4. The minimum absolute atomic E-state index is 0.00726. The minimum Gasteiger partial charge on any atom is -0.444 e. The minimum atomic E-state index is -0.608. The van der Waals surface area contributed by atoms with Crippen molar-refractivity contribution in [3.8, 4) is 0 Å². The van der Waals surface area contributed by atoms with Crippen molar-refractivity contribution in [1.29, 1.82) is 0 Å². The summed E-state index contributed by atoms with van der Waals surface area (Å²) in [6.45, 7) is 8.52. The number of hydrogen-bond donors (Lipinski definition) is 2. The molecule has 3 rings (SSSR count). The number of rotatable bonds is 5. The van der Waals surface area contributed by atoms with E-state index >= 15 is 0 Å². The molecule has 1 atom stereocenters. The van der Waals surface area contributed by atoms with Crippen molar-refractivity contribution in [2.45, 2.75) is 52.4 Å². The smallest absolute Gasteiger partial charge is 0.410 e. The van der Waals surface area contributed by atoms with Crippen molar-refractivity contribution in [2.75, 3.05) is 18.4 Å². The largest absolute Gasteiger partial charge is 0.444 e. The summed E-state index contributed by atoms with van der Waals surface area (Å²) >= 11 is 5.87. The van der Waals surface area contributed by atoms with Crippen molar-refractivity contribution >= 4 is 35.3 Å². The van der Waals surface area contributed by atoms with Gasteiger partial charge in [0, 0.05) is 36.4 Å². The average Bonchev–Trinajstić information content (AvgIpc) is 2.75. The molecule has 2 N–H and O–H groups in total. The zero-order valence-electron chi connectivity index (χ0n) is 19.9. The lowest BCUT2D eigenvalue weighted by Crippen LogP contribution is -2.57. The van der Waals surface area contributed by atoms with Crippen molar-refractivity contribution in [2.24, 2.45) is 0 Å². The van der Waals surface area contributed by atoms with E-state index in [0.717, 1.165) is 11.1 Å². The number of anilines is 1. The van der Waals surface area contributed by atoms with Gasteiger partial charge in [-0.15, -0.1) is 0 Å². The number of piperazine rings is 1. The summed E-state index contributed by atoms with van der Waals surface area (Å²) in [4.78, 5) is 40.4. The van der Waals surface area contributed by atoms with E-state index in [9.17, 15) is 14.4 Å². The predicted molar refractivity (Wildman–Crippen MR) is 132 cm³/mol. The number of urea groups is 1. The van der Waals surface area contributed by atoms with E-state index < -0.39 is 11.7 Å². The summed E-state index contributed by atoms with van der Waals surface area (Å²) in [5.74, 6) is -0.131. The first-order chi connectivity index (χ1) is 16.0. The quantitative estimate of drug-likeness (QED) is 0.644. The molecule has 0 bridgehead atoms. The summed E-state index contributed by atoms with van der Waals surface area (Å²) in [7, 11) is 0. The van der Waals surface area contributed by atoms with E-state index in [0.29, 0.717) is 30.3 Å². The SMILES string of the molecule is CC1CN(C(=O)OC(C)(C)C)CC(=O)N1Cc1ccc(NC(=O)NCc2ccc(Cl)cc2)cc1. The second-order valence-corrected chi connectivity index (χ2v) is 9.80. The molecule has 1 saturated heterocycles. The fourth-order valence-electron chi connectivity index (χ4n) is 3.54. The Balaban J connectivity index is 1.50. The molecule has 1 unspecified atom stereocenters. The van der Waals surface area contributed by atoms with Crippen LogP contribution in [0.15, 0.2) is 48.5 Å². The first kappa shape index (κ1) is 25.4. The molecule has 182 valence electrons. The molecule has 0 saturated carbocycles. The predicted octanol–water partition coefficient (Wildman–Crippen LogP) is 4.63. The Morgan fingerprint density at radius 2 is 1.68 bits per heavy atom. The topological polar surface area (TPSA) is 91.0 Å². The molecule has 0 spiro atoms. The maximum Gasteiger partial charge on any atom is 0.410 e. The third-order valence-corrected chi connectivity index (χ3v) is 5.50. The van der Waals surface area contributed by atoms with E-state index in [1.54, 1.807) is 49.9 Å². The number of benzene rings is 2. The lowest BCUT2D eigenvalue weighted by atomic mass is 10.1. The van der Waals surface area contributed by atoms with Crippen molar-refractivity contribution in [1.82, 2.24) is 15.1 Å². The number of carbonyl (C=O) groups excluding carboxylic acids is 3. The van der Waals surface area contributed by atoms with Crippen LogP contribution in [0.3, 0.4) is 0 Å². The molecule has 34 heavy (non-hydrogen) atoms. The lowest BCUT2D eigenvalue weighted by molar-refractivity contribution is -0.139. The van der Waals surface area contributed by atoms with Crippen LogP contribution in [0.25, 0.3) is 0 Å².